The number of esters is 1. The molecule has 17 heavy (non-hydrogen) atoms. The summed E-state index contributed by atoms with van der Waals surface area (Å²) in [6.45, 7) is 0.424. The average Bonchev–Trinajstić information content (AvgIpc) is 2.21. The number of carbonyl (C=O) groups excluding carboxylic acids is 1. The summed E-state index contributed by atoms with van der Waals surface area (Å²) in [5, 5.41) is 9.55. The number of anilines is 1. The Labute approximate surface area is 100 Å². The maximum atomic E-state index is 11.6. The monoisotopic (exact) mass is 235 g/mol. The minimum atomic E-state index is -0.484. The van der Waals surface area contributed by atoms with Crippen LogP contribution in [0.15, 0.2) is 18.2 Å². The molecule has 0 atom stereocenters. The Kier molecular flexibility index (Phi) is 3.52. The highest BCUT2D eigenvalue weighted by atomic mass is 16.5. The van der Waals surface area contributed by atoms with Gasteiger partial charge in [0, 0.05) is 11.8 Å². The van der Waals surface area contributed by atoms with Gasteiger partial charge in [0.15, 0.2) is 0 Å². The van der Waals surface area contributed by atoms with Crippen LogP contribution in [0.25, 0.3) is 0 Å². The lowest BCUT2D eigenvalue weighted by molar-refractivity contribution is 0.0461. The van der Waals surface area contributed by atoms with Crippen LogP contribution < -0.4 is 5.73 Å². The van der Waals surface area contributed by atoms with Gasteiger partial charge in [0.25, 0.3) is 0 Å². The van der Waals surface area contributed by atoms with Crippen molar-refractivity contribution in [2.75, 3.05) is 12.3 Å². The molecule has 1 aliphatic rings. The van der Waals surface area contributed by atoms with Gasteiger partial charge in [0.2, 0.25) is 0 Å². The number of nitrogens with two attached hydrogens (primary N) is 1. The number of carbonyl (C=O) groups is 1. The fraction of sp³-hybridized carbons (Fsp3) is 0.462. The van der Waals surface area contributed by atoms with Gasteiger partial charge in [-0.2, -0.15) is 0 Å². The Hall–Kier alpha value is -1.71. The third-order valence-corrected chi connectivity index (χ3v) is 3.23. The zero-order valence-corrected chi connectivity index (χ0v) is 9.69. The van der Waals surface area contributed by atoms with E-state index < -0.39 is 5.97 Å². The summed E-state index contributed by atoms with van der Waals surface area (Å²) in [5.74, 6) is 0.100. The molecule has 0 unspecified atom stereocenters. The molecule has 0 bridgehead atoms. The van der Waals surface area contributed by atoms with Crippen LogP contribution in [0, 0.1) is 5.92 Å². The molecule has 1 fully saturated rings. The summed E-state index contributed by atoms with van der Waals surface area (Å²) >= 11 is 0. The minimum Gasteiger partial charge on any atom is -0.507 e. The van der Waals surface area contributed by atoms with E-state index in [0.717, 1.165) is 6.42 Å². The molecule has 1 aliphatic carbocycles. The maximum Gasteiger partial charge on any atom is 0.341 e. The van der Waals surface area contributed by atoms with Gasteiger partial charge >= 0.3 is 5.97 Å². The van der Waals surface area contributed by atoms with Crippen LogP contribution in [0.4, 0.5) is 5.69 Å². The van der Waals surface area contributed by atoms with Crippen molar-refractivity contribution in [1.82, 2.24) is 0 Å². The number of nitrogen functional groups attached to an aromatic ring is 1. The number of phenolic OH excluding ortho intramolecular Hbond substituents is 1. The van der Waals surface area contributed by atoms with Gasteiger partial charge in [-0.3, -0.25) is 0 Å². The first-order valence-corrected chi connectivity index (χ1v) is 5.92. The van der Waals surface area contributed by atoms with Crippen LogP contribution in [0.5, 0.6) is 5.75 Å². The Morgan fingerprint density at radius 3 is 2.82 bits per heavy atom. The van der Waals surface area contributed by atoms with E-state index in [4.69, 9.17) is 10.5 Å². The molecule has 3 N–H and O–H groups in total. The minimum absolute atomic E-state index is 0.126. The highest BCUT2D eigenvalue weighted by molar-refractivity contribution is 5.92. The number of aromatic hydroxyl groups is 1. The number of ether oxygens (including phenoxy) is 1. The van der Waals surface area contributed by atoms with Gasteiger partial charge in [-0.1, -0.05) is 19.3 Å². The van der Waals surface area contributed by atoms with E-state index in [0.29, 0.717) is 18.2 Å². The lowest BCUT2D eigenvalue weighted by Crippen LogP contribution is -2.15. The van der Waals surface area contributed by atoms with Crippen LogP contribution in [0.1, 0.15) is 36.0 Å². The van der Waals surface area contributed by atoms with Gasteiger partial charge in [-0.05, 0) is 24.5 Å². The maximum absolute atomic E-state index is 11.6. The van der Waals surface area contributed by atoms with Gasteiger partial charge in [0.05, 0.1) is 6.61 Å². The Morgan fingerprint density at radius 1 is 1.47 bits per heavy atom. The fourth-order valence-electron chi connectivity index (χ4n) is 1.90. The predicted octanol–water partition coefficient (Wildman–Crippen LogP) is 2.32. The number of rotatable bonds is 4. The molecule has 0 amide bonds. The molecular formula is C13H17NO3. The van der Waals surface area contributed by atoms with E-state index in [2.05, 4.69) is 0 Å². The second-order valence-electron chi connectivity index (χ2n) is 4.50. The molecule has 4 nitrogen and oxygen atoms in total. The van der Waals surface area contributed by atoms with Crippen LogP contribution in [-0.4, -0.2) is 17.7 Å². The molecule has 1 aromatic rings. The zero-order chi connectivity index (χ0) is 12.3. The highest BCUT2D eigenvalue weighted by Gasteiger charge is 2.18. The number of benzene rings is 1. The van der Waals surface area contributed by atoms with Crippen molar-refractivity contribution in [1.29, 1.82) is 0 Å². The first-order valence-electron chi connectivity index (χ1n) is 5.92. The Bertz CT molecular complexity index is 413. The third kappa shape index (κ3) is 2.90. The number of hydrogen-bond donors (Lipinski definition) is 2. The van der Waals surface area contributed by atoms with Crippen molar-refractivity contribution in [3.63, 3.8) is 0 Å². The summed E-state index contributed by atoms with van der Waals surface area (Å²) in [4.78, 5) is 11.6. The van der Waals surface area contributed by atoms with E-state index in [1.807, 2.05) is 0 Å². The normalized spacial score (nSPS) is 15.3. The summed E-state index contributed by atoms with van der Waals surface area (Å²) < 4.78 is 5.12. The van der Waals surface area contributed by atoms with Gasteiger partial charge < -0.3 is 15.6 Å². The first kappa shape index (κ1) is 11.8. The van der Waals surface area contributed by atoms with E-state index >= 15 is 0 Å². The van der Waals surface area contributed by atoms with Crippen LogP contribution in [0.2, 0.25) is 0 Å². The third-order valence-electron chi connectivity index (χ3n) is 3.23. The molecule has 92 valence electrons. The van der Waals surface area contributed by atoms with Crippen molar-refractivity contribution < 1.29 is 14.6 Å². The smallest absolute Gasteiger partial charge is 0.341 e. The molecule has 0 aliphatic heterocycles. The van der Waals surface area contributed by atoms with Crippen molar-refractivity contribution in [2.24, 2.45) is 5.92 Å². The molecule has 0 saturated heterocycles. The van der Waals surface area contributed by atoms with Gasteiger partial charge in [0.1, 0.15) is 11.3 Å². The lowest BCUT2D eigenvalue weighted by atomic mass is 9.83. The van der Waals surface area contributed by atoms with Crippen molar-refractivity contribution in [3.05, 3.63) is 23.8 Å². The second kappa shape index (κ2) is 5.08. The largest absolute Gasteiger partial charge is 0.507 e. The van der Waals surface area contributed by atoms with Crippen molar-refractivity contribution in [3.8, 4) is 5.75 Å². The van der Waals surface area contributed by atoms with Crippen molar-refractivity contribution >= 4 is 11.7 Å². The van der Waals surface area contributed by atoms with E-state index in [9.17, 15) is 9.90 Å². The summed E-state index contributed by atoms with van der Waals surface area (Å²) in [6, 6.07) is 4.40. The zero-order valence-electron chi connectivity index (χ0n) is 9.69. The van der Waals surface area contributed by atoms with Gasteiger partial charge in [-0.25, -0.2) is 4.79 Å². The van der Waals surface area contributed by atoms with Crippen LogP contribution in [0.3, 0.4) is 0 Å². The van der Waals surface area contributed by atoms with Gasteiger partial charge in [-0.15, -0.1) is 0 Å². The van der Waals surface area contributed by atoms with Crippen molar-refractivity contribution in [2.45, 2.75) is 25.7 Å². The van der Waals surface area contributed by atoms with E-state index in [1.165, 1.54) is 31.4 Å². The molecule has 4 heteroatoms. The lowest BCUT2D eigenvalue weighted by Gasteiger charge is -2.24. The van der Waals surface area contributed by atoms with Crippen LogP contribution in [-0.2, 0) is 4.74 Å². The summed E-state index contributed by atoms with van der Waals surface area (Å²) in [6.07, 6.45) is 4.69. The topological polar surface area (TPSA) is 72.6 Å². The molecule has 0 aromatic heterocycles. The molecule has 1 saturated carbocycles. The molecule has 0 spiro atoms. The quantitative estimate of drug-likeness (QED) is 0.620. The number of hydrogen-bond acceptors (Lipinski definition) is 4. The van der Waals surface area contributed by atoms with Crippen LogP contribution >= 0.6 is 0 Å². The Balaban J connectivity index is 1.85. The van der Waals surface area contributed by atoms with E-state index in [-0.39, 0.29) is 11.3 Å². The SMILES string of the molecule is Nc1ccc(C(=O)OCCC2CCC2)c(O)c1. The summed E-state index contributed by atoms with van der Waals surface area (Å²) in [5.41, 5.74) is 6.08. The average molecular weight is 235 g/mol. The second-order valence-corrected chi connectivity index (χ2v) is 4.50. The standard InChI is InChI=1S/C13H17NO3/c14-10-4-5-11(12(15)8-10)13(16)17-7-6-9-2-1-3-9/h4-5,8-9,15H,1-3,6-7,14H2. The number of phenols is 1. The fourth-order valence-corrected chi connectivity index (χ4v) is 1.90. The molecule has 0 radical (unpaired) electrons. The molecular weight excluding hydrogens is 218 g/mol. The summed E-state index contributed by atoms with van der Waals surface area (Å²) in [7, 11) is 0. The first-order chi connectivity index (χ1) is 8.16. The predicted molar refractivity (Wildman–Crippen MR) is 64.8 cm³/mol. The Morgan fingerprint density at radius 2 is 2.24 bits per heavy atom. The molecule has 1 aromatic carbocycles. The molecule has 2 rings (SSSR count). The van der Waals surface area contributed by atoms with E-state index in [1.54, 1.807) is 6.07 Å². The molecule has 0 heterocycles. The highest BCUT2D eigenvalue weighted by Crippen LogP contribution is 2.29.